The molecule has 0 fully saturated rings. The molecule has 0 aromatic heterocycles. The number of alkyl halides is 2. The van der Waals surface area contributed by atoms with E-state index < -0.39 is 12.3 Å². The third-order valence-corrected chi connectivity index (χ3v) is 0.854. The summed E-state index contributed by atoms with van der Waals surface area (Å²) in [6.45, 7) is 2.87. The van der Waals surface area contributed by atoms with Gasteiger partial charge in [-0.05, 0) is 13.8 Å². The van der Waals surface area contributed by atoms with E-state index in [2.05, 4.69) is 23.9 Å². The van der Waals surface area contributed by atoms with Crippen molar-refractivity contribution in [1.29, 1.82) is 0 Å². The van der Waals surface area contributed by atoms with Gasteiger partial charge in [-0.1, -0.05) is 11.8 Å². The molecule has 1 amide bonds. The van der Waals surface area contributed by atoms with Crippen LogP contribution in [0.1, 0.15) is 13.8 Å². The SMILES string of the molecule is CC#CN(C#CC)C(=O)C(F)F. The minimum absolute atomic E-state index is 0.491. The first-order chi connectivity index (χ1) is 5.63. The number of halogens is 2. The molecule has 0 bridgehead atoms. The van der Waals surface area contributed by atoms with E-state index >= 15 is 0 Å². The fraction of sp³-hybridized carbons (Fsp3) is 0.375. The number of rotatable bonds is 1. The molecule has 0 radical (unpaired) electrons. The Kier molecular flexibility index (Phi) is 4.48. The van der Waals surface area contributed by atoms with Crippen molar-refractivity contribution in [2.24, 2.45) is 0 Å². The van der Waals surface area contributed by atoms with E-state index in [1.807, 2.05) is 0 Å². The monoisotopic (exact) mass is 171 g/mol. The third kappa shape index (κ3) is 3.03. The van der Waals surface area contributed by atoms with Crippen LogP contribution < -0.4 is 0 Å². The second kappa shape index (κ2) is 5.15. The average molecular weight is 171 g/mol. The Bertz CT molecular complexity index is 257. The highest BCUT2D eigenvalue weighted by molar-refractivity contribution is 5.82. The highest BCUT2D eigenvalue weighted by Crippen LogP contribution is 1.98. The van der Waals surface area contributed by atoms with Crippen molar-refractivity contribution < 1.29 is 13.6 Å². The van der Waals surface area contributed by atoms with Crippen molar-refractivity contribution in [3.05, 3.63) is 0 Å². The van der Waals surface area contributed by atoms with E-state index in [4.69, 9.17) is 0 Å². The molecule has 2 nitrogen and oxygen atoms in total. The zero-order valence-corrected chi connectivity index (χ0v) is 6.69. The Balaban J connectivity index is 4.55. The molecule has 0 aliphatic carbocycles. The van der Waals surface area contributed by atoms with Gasteiger partial charge in [0.2, 0.25) is 0 Å². The second-order valence-electron chi connectivity index (χ2n) is 1.70. The maximum absolute atomic E-state index is 11.8. The minimum atomic E-state index is -3.06. The first-order valence-electron chi connectivity index (χ1n) is 3.10. The molecule has 4 heteroatoms. The smallest absolute Gasteiger partial charge is 0.266 e. The minimum Gasteiger partial charge on any atom is -0.266 e. The Morgan fingerprint density at radius 1 is 1.25 bits per heavy atom. The lowest BCUT2D eigenvalue weighted by molar-refractivity contribution is -0.136. The van der Waals surface area contributed by atoms with Crippen LogP contribution in [0, 0.1) is 23.9 Å². The van der Waals surface area contributed by atoms with Crippen LogP contribution in [0.4, 0.5) is 8.78 Å². The molecule has 0 spiro atoms. The van der Waals surface area contributed by atoms with Gasteiger partial charge in [0.15, 0.2) is 0 Å². The summed E-state index contributed by atoms with van der Waals surface area (Å²) in [5, 5.41) is 0. The predicted molar refractivity (Wildman–Crippen MR) is 39.8 cm³/mol. The van der Waals surface area contributed by atoms with Gasteiger partial charge in [-0.25, -0.2) is 0 Å². The Morgan fingerprint density at radius 2 is 1.67 bits per heavy atom. The molecular formula is C8H7F2NO. The summed E-state index contributed by atoms with van der Waals surface area (Å²) in [5.74, 6) is 3.23. The van der Waals surface area contributed by atoms with E-state index in [1.165, 1.54) is 13.8 Å². The molecule has 0 saturated heterocycles. The fourth-order valence-electron chi connectivity index (χ4n) is 0.459. The Labute approximate surface area is 69.5 Å². The Morgan fingerprint density at radius 3 is 1.92 bits per heavy atom. The number of hydrogen-bond donors (Lipinski definition) is 0. The van der Waals surface area contributed by atoms with Crippen molar-refractivity contribution in [3.63, 3.8) is 0 Å². The van der Waals surface area contributed by atoms with Crippen LogP contribution in [0.25, 0.3) is 0 Å². The zero-order valence-electron chi connectivity index (χ0n) is 6.69. The summed E-state index contributed by atoms with van der Waals surface area (Å²) >= 11 is 0. The standard InChI is InChI=1S/C8H7F2NO/c1-3-5-11(6-4-2)8(12)7(9)10/h7H,1-2H3. The highest BCUT2D eigenvalue weighted by Gasteiger charge is 2.20. The summed E-state index contributed by atoms with van der Waals surface area (Å²) in [6.07, 6.45) is -3.06. The highest BCUT2D eigenvalue weighted by atomic mass is 19.3. The van der Waals surface area contributed by atoms with Gasteiger partial charge in [0.05, 0.1) is 0 Å². The van der Waals surface area contributed by atoms with Crippen LogP contribution in [0.15, 0.2) is 0 Å². The van der Waals surface area contributed by atoms with Crippen molar-refractivity contribution in [2.45, 2.75) is 20.3 Å². The molecule has 0 aliphatic heterocycles. The molecule has 0 aromatic rings. The van der Waals surface area contributed by atoms with Crippen LogP contribution in [0.5, 0.6) is 0 Å². The van der Waals surface area contributed by atoms with Crippen molar-refractivity contribution >= 4 is 5.91 Å². The molecule has 0 unspecified atom stereocenters. The molecule has 0 rings (SSSR count). The Hall–Kier alpha value is -1.55. The third-order valence-electron chi connectivity index (χ3n) is 0.854. The van der Waals surface area contributed by atoms with Crippen LogP contribution in [0.3, 0.4) is 0 Å². The van der Waals surface area contributed by atoms with Gasteiger partial charge in [-0.15, -0.1) is 0 Å². The summed E-state index contributed by atoms with van der Waals surface area (Å²) in [5.41, 5.74) is 0. The van der Waals surface area contributed by atoms with Crippen LogP contribution in [-0.4, -0.2) is 17.2 Å². The number of carbonyl (C=O) groups excluding carboxylic acids is 1. The fourth-order valence-corrected chi connectivity index (χ4v) is 0.459. The van der Waals surface area contributed by atoms with Crippen molar-refractivity contribution in [2.75, 3.05) is 0 Å². The first-order valence-corrected chi connectivity index (χ1v) is 3.10. The van der Waals surface area contributed by atoms with Crippen molar-refractivity contribution in [3.8, 4) is 23.9 Å². The number of hydrogen-bond acceptors (Lipinski definition) is 1. The quantitative estimate of drug-likeness (QED) is 0.426. The molecule has 0 atom stereocenters. The molecule has 0 saturated carbocycles. The van der Waals surface area contributed by atoms with Gasteiger partial charge in [0.25, 0.3) is 0 Å². The zero-order chi connectivity index (χ0) is 9.56. The predicted octanol–water partition coefficient (Wildman–Crippen LogP) is 1.04. The van der Waals surface area contributed by atoms with E-state index in [9.17, 15) is 13.6 Å². The van der Waals surface area contributed by atoms with E-state index in [0.717, 1.165) is 0 Å². The van der Waals surface area contributed by atoms with E-state index in [1.54, 1.807) is 0 Å². The molecular weight excluding hydrogens is 164 g/mol. The van der Waals surface area contributed by atoms with E-state index in [0.29, 0.717) is 4.90 Å². The summed E-state index contributed by atoms with van der Waals surface area (Å²) in [7, 11) is 0. The molecule has 0 heterocycles. The van der Waals surface area contributed by atoms with Crippen LogP contribution >= 0.6 is 0 Å². The molecule has 0 N–H and O–H groups in total. The topological polar surface area (TPSA) is 20.3 Å². The lowest BCUT2D eigenvalue weighted by Crippen LogP contribution is -2.27. The number of carbonyl (C=O) groups is 1. The number of nitrogens with zero attached hydrogens (tertiary/aromatic N) is 1. The lowest BCUT2D eigenvalue weighted by atomic mass is 10.5. The van der Waals surface area contributed by atoms with E-state index in [-0.39, 0.29) is 0 Å². The lowest BCUT2D eigenvalue weighted by Gasteiger charge is -2.04. The van der Waals surface area contributed by atoms with Gasteiger partial charge in [-0.3, -0.25) is 4.79 Å². The maximum Gasteiger partial charge on any atom is 0.317 e. The molecule has 64 valence electrons. The summed E-state index contributed by atoms with van der Waals surface area (Å²) < 4.78 is 23.6. The van der Waals surface area contributed by atoms with Gasteiger partial charge < -0.3 is 0 Å². The van der Waals surface area contributed by atoms with Crippen molar-refractivity contribution in [1.82, 2.24) is 4.90 Å². The van der Waals surface area contributed by atoms with Gasteiger partial charge in [0.1, 0.15) is 0 Å². The van der Waals surface area contributed by atoms with Crippen LogP contribution in [0.2, 0.25) is 0 Å². The maximum atomic E-state index is 11.8. The van der Waals surface area contributed by atoms with Gasteiger partial charge >= 0.3 is 12.3 Å². The van der Waals surface area contributed by atoms with Gasteiger partial charge in [0, 0.05) is 12.1 Å². The normalized spacial score (nSPS) is 7.75. The molecule has 12 heavy (non-hydrogen) atoms. The summed E-state index contributed by atoms with van der Waals surface area (Å²) in [4.78, 5) is 11.1. The first kappa shape index (κ1) is 10.4. The average Bonchev–Trinajstić information content (AvgIpc) is 2.03. The number of amides is 1. The van der Waals surface area contributed by atoms with Crippen LogP contribution in [-0.2, 0) is 4.79 Å². The second-order valence-corrected chi connectivity index (χ2v) is 1.70. The largest absolute Gasteiger partial charge is 0.317 e. The van der Waals surface area contributed by atoms with Gasteiger partial charge in [-0.2, -0.15) is 13.7 Å². The molecule has 0 aromatic carbocycles. The molecule has 0 aliphatic rings. The summed E-state index contributed by atoms with van der Waals surface area (Å²) in [6, 6.07) is 4.29.